The highest BCUT2D eigenvalue weighted by molar-refractivity contribution is 7.07. The van der Waals surface area contributed by atoms with Crippen molar-refractivity contribution in [2.75, 3.05) is 6.61 Å². The number of ether oxygens (including phenoxy) is 1. The van der Waals surface area contributed by atoms with Crippen LogP contribution in [0, 0.1) is 19.3 Å². The summed E-state index contributed by atoms with van der Waals surface area (Å²) in [6.45, 7) is 3.48. The number of benzene rings is 2. The number of para-hydroxylation sites is 1. The predicted octanol–water partition coefficient (Wildman–Crippen LogP) is 4.89. The number of thiazole rings is 1. The van der Waals surface area contributed by atoms with Crippen LogP contribution in [0.2, 0.25) is 5.02 Å². The van der Waals surface area contributed by atoms with Crippen molar-refractivity contribution in [3.05, 3.63) is 101 Å². The van der Waals surface area contributed by atoms with Crippen LogP contribution in [-0.2, 0) is 16.1 Å². The topological polar surface area (TPSA) is 65.6 Å². The summed E-state index contributed by atoms with van der Waals surface area (Å²) in [6.07, 6.45) is 2.22. The summed E-state index contributed by atoms with van der Waals surface area (Å²) in [5.74, 6) is 1.42. The van der Waals surface area contributed by atoms with Crippen molar-refractivity contribution in [3.8, 4) is 12.3 Å². The van der Waals surface area contributed by atoms with Crippen molar-refractivity contribution in [1.82, 2.24) is 9.13 Å². The van der Waals surface area contributed by atoms with Gasteiger partial charge in [-0.1, -0.05) is 59.2 Å². The Bertz CT molecular complexity index is 1910. The molecule has 11 heteroatoms. The van der Waals surface area contributed by atoms with E-state index in [2.05, 4.69) is 10.9 Å². The van der Waals surface area contributed by atoms with Crippen LogP contribution < -0.4 is 14.9 Å². The number of hydrogen-bond acceptors (Lipinski definition) is 5. The molecule has 4 aromatic rings. The molecule has 0 fully saturated rings. The van der Waals surface area contributed by atoms with Gasteiger partial charge in [0.2, 0.25) is 0 Å². The Morgan fingerprint density at radius 2 is 1.93 bits per heavy atom. The highest BCUT2D eigenvalue weighted by Gasteiger charge is 2.45. The Morgan fingerprint density at radius 3 is 2.58 bits per heavy atom. The zero-order valence-corrected chi connectivity index (χ0v) is 22.8. The van der Waals surface area contributed by atoms with Gasteiger partial charge < -0.3 is 9.30 Å². The first-order valence-corrected chi connectivity index (χ1v) is 13.3. The summed E-state index contributed by atoms with van der Waals surface area (Å²) in [7, 11) is 0. The van der Waals surface area contributed by atoms with Crippen LogP contribution in [0.4, 0.5) is 13.2 Å². The number of rotatable bonds is 5. The van der Waals surface area contributed by atoms with Crippen molar-refractivity contribution in [2.24, 2.45) is 4.99 Å². The molecule has 2 aromatic heterocycles. The second-order valence-electron chi connectivity index (χ2n) is 8.92. The monoisotopic (exact) mass is 583 g/mol. The first kappa shape index (κ1) is 27.5. The SMILES string of the molecule is C#CCn1c(C)c(/C=c2\sc3n(c2=O)[C@@H](c2ccc(Cl)cc2)C(C(=O)OCC)=C(C(F)(F)F)N=3)c2ccccc21. The van der Waals surface area contributed by atoms with E-state index in [1.54, 1.807) is 6.08 Å². The van der Waals surface area contributed by atoms with E-state index in [1.165, 1.54) is 31.2 Å². The van der Waals surface area contributed by atoms with Crippen LogP contribution in [0.15, 0.2) is 69.6 Å². The molecule has 0 radical (unpaired) electrons. The maximum absolute atomic E-state index is 14.3. The Hall–Kier alpha value is -4.07. The van der Waals surface area contributed by atoms with Gasteiger partial charge in [-0.15, -0.1) is 6.42 Å². The van der Waals surface area contributed by atoms with E-state index in [0.29, 0.717) is 17.1 Å². The number of esters is 1. The minimum absolute atomic E-state index is 0.149. The maximum Gasteiger partial charge on any atom is 0.434 e. The van der Waals surface area contributed by atoms with Crippen molar-refractivity contribution in [1.29, 1.82) is 0 Å². The van der Waals surface area contributed by atoms with Gasteiger partial charge >= 0.3 is 12.1 Å². The summed E-state index contributed by atoms with van der Waals surface area (Å²) >= 11 is 6.84. The Kier molecular flexibility index (Phi) is 7.21. The summed E-state index contributed by atoms with van der Waals surface area (Å²) in [5.41, 5.74) is -0.154. The molecule has 3 heterocycles. The summed E-state index contributed by atoms with van der Waals surface area (Å²) in [6, 6.07) is 12.0. The molecular formula is C29H21ClF3N3O3S. The number of allylic oxidation sites excluding steroid dienone is 1. The minimum atomic E-state index is -4.98. The second kappa shape index (κ2) is 10.5. The quantitative estimate of drug-likeness (QED) is 0.248. The number of terminal acetylenes is 1. The third kappa shape index (κ3) is 4.65. The van der Waals surface area contributed by atoms with Gasteiger partial charge in [-0.05, 0) is 43.7 Å². The van der Waals surface area contributed by atoms with Gasteiger partial charge in [0.1, 0.15) is 0 Å². The van der Waals surface area contributed by atoms with E-state index in [9.17, 15) is 22.8 Å². The van der Waals surface area contributed by atoms with Crippen molar-refractivity contribution >= 4 is 45.9 Å². The average molecular weight is 584 g/mol. The van der Waals surface area contributed by atoms with Gasteiger partial charge in [0.15, 0.2) is 10.5 Å². The second-order valence-corrected chi connectivity index (χ2v) is 10.4. The molecule has 5 rings (SSSR count). The van der Waals surface area contributed by atoms with Gasteiger partial charge in [-0.2, -0.15) is 13.2 Å². The third-order valence-corrected chi connectivity index (χ3v) is 7.82. The third-order valence-electron chi connectivity index (χ3n) is 6.59. The molecule has 0 saturated carbocycles. The van der Waals surface area contributed by atoms with Gasteiger partial charge in [0.25, 0.3) is 5.56 Å². The lowest BCUT2D eigenvalue weighted by Gasteiger charge is -2.26. The Morgan fingerprint density at radius 1 is 1.23 bits per heavy atom. The number of hydrogen-bond donors (Lipinski definition) is 0. The lowest BCUT2D eigenvalue weighted by atomic mass is 9.95. The number of aromatic nitrogens is 2. The molecule has 1 aliphatic rings. The number of carbonyl (C=O) groups excluding carboxylic acids is 1. The molecule has 0 unspecified atom stereocenters. The highest BCUT2D eigenvalue weighted by Crippen LogP contribution is 2.38. The van der Waals surface area contributed by atoms with Crippen molar-refractivity contribution in [2.45, 2.75) is 32.6 Å². The lowest BCUT2D eigenvalue weighted by molar-refractivity contribution is -0.140. The number of alkyl halides is 3. The van der Waals surface area contributed by atoms with Gasteiger partial charge in [-0.3, -0.25) is 9.36 Å². The highest BCUT2D eigenvalue weighted by atomic mass is 35.5. The molecule has 0 saturated heterocycles. The molecule has 1 aliphatic heterocycles. The fourth-order valence-corrected chi connectivity index (χ4v) is 5.98. The zero-order chi connectivity index (χ0) is 28.8. The molecule has 204 valence electrons. The van der Waals surface area contributed by atoms with Crippen LogP contribution in [0.5, 0.6) is 0 Å². The van der Waals surface area contributed by atoms with Crippen LogP contribution in [0.25, 0.3) is 17.0 Å². The van der Waals surface area contributed by atoms with E-state index >= 15 is 0 Å². The molecule has 0 bridgehead atoms. The first-order chi connectivity index (χ1) is 19.1. The maximum atomic E-state index is 14.3. The van der Waals surface area contributed by atoms with Crippen molar-refractivity contribution < 1.29 is 22.7 Å². The van der Waals surface area contributed by atoms with Gasteiger partial charge in [0.05, 0.1) is 29.3 Å². The minimum Gasteiger partial charge on any atom is -0.463 e. The van der Waals surface area contributed by atoms with Gasteiger partial charge in [0, 0.05) is 27.2 Å². The summed E-state index contributed by atoms with van der Waals surface area (Å²) in [5, 5.41) is 1.17. The molecular weight excluding hydrogens is 563 g/mol. The predicted molar refractivity (Wildman–Crippen MR) is 148 cm³/mol. The van der Waals surface area contributed by atoms with Crippen LogP contribution >= 0.6 is 22.9 Å². The van der Waals surface area contributed by atoms with E-state index in [1.807, 2.05) is 35.8 Å². The first-order valence-electron chi connectivity index (χ1n) is 12.1. The Balaban J connectivity index is 1.84. The molecule has 0 spiro atoms. The zero-order valence-electron chi connectivity index (χ0n) is 21.3. The number of nitrogens with zero attached hydrogens (tertiary/aromatic N) is 3. The number of fused-ring (bicyclic) bond motifs is 2. The summed E-state index contributed by atoms with van der Waals surface area (Å²) < 4.78 is 51.1. The molecule has 0 aliphatic carbocycles. The lowest BCUT2D eigenvalue weighted by Crippen LogP contribution is -2.41. The summed E-state index contributed by atoms with van der Waals surface area (Å²) in [4.78, 5) is 30.5. The van der Waals surface area contributed by atoms with Crippen LogP contribution in [0.3, 0.4) is 0 Å². The van der Waals surface area contributed by atoms with Crippen LogP contribution in [-0.4, -0.2) is 27.9 Å². The van der Waals surface area contributed by atoms with Crippen molar-refractivity contribution in [3.63, 3.8) is 0 Å². The molecule has 2 aromatic carbocycles. The van der Waals surface area contributed by atoms with Gasteiger partial charge in [-0.25, -0.2) is 9.79 Å². The molecule has 6 nitrogen and oxygen atoms in total. The normalized spacial score (nSPS) is 15.6. The van der Waals surface area contributed by atoms with E-state index in [-0.39, 0.29) is 21.5 Å². The van der Waals surface area contributed by atoms with E-state index in [0.717, 1.165) is 32.5 Å². The number of halogens is 4. The average Bonchev–Trinajstić information content (AvgIpc) is 3.37. The van der Waals surface area contributed by atoms with Crippen LogP contribution in [0.1, 0.15) is 29.8 Å². The fourth-order valence-electron chi connectivity index (χ4n) is 4.87. The van der Waals surface area contributed by atoms with E-state index in [4.69, 9.17) is 22.8 Å². The molecule has 40 heavy (non-hydrogen) atoms. The fraction of sp³-hybridized carbons (Fsp3) is 0.207. The van der Waals surface area contributed by atoms with E-state index < -0.39 is 35.0 Å². The Labute approximate surface area is 235 Å². The standard InChI is InChI=1S/C29H21ClF3N3O3S/c1-4-14-35-16(3)20(19-8-6-7-9-21(19)35)15-22-26(37)36-24(17-10-12-18(30)13-11-17)23(27(38)39-5-2)25(29(31,32)33)34-28(36)40-22/h1,6-13,15,24H,5,14H2,2-3H3/b22-15-/t24-/m0/s1. The largest absolute Gasteiger partial charge is 0.463 e. The molecule has 0 amide bonds. The number of carbonyl (C=O) groups is 1. The molecule has 1 atom stereocenters. The smallest absolute Gasteiger partial charge is 0.434 e. The molecule has 0 N–H and O–H groups in total.